The van der Waals surface area contributed by atoms with Gasteiger partial charge in [0.1, 0.15) is 0 Å². The summed E-state index contributed by atoms with van der Waals surface area (Å²) in [5, 5.41) is -0.207. The Hall–Kier alpha value is -0.715. The molecule has 0 aliphatic rings. The van der Waals surface area contributed by atoms with Crippen molar-refractivity contribution in [1.82, 2.24) is 0 Å². The van der Waals surface area contributed by atoms with Crippen LogP contribution in [-0.4, -0.2) is 7.85 Å². The van der Waals surface area contributed by atoms with Gasteiger partial charge < -0.3 is 0 Å². The maximum Gasteiger partial charge on any atom is 0.0802 e. The Morgan fingerprint density at radius 3 is 1.90 bits per heavy atom. The summed E-state index contributed by atoms with van der Waals surface area (Å²) in [7, 11) is 5.86. The lowest BCUT2D eigenvalue weighted by Crippen LogP contribution is -2.15. The molecule has 0 heterocycles. The molecule has 0 saturated carbocycles. The minimum Gasteiger partial charge on any atom is -0.0639 e. The molecule has 1 aromatic carbocycles. The van der Waals surface area contributed by atoms with Crippen LogP contribution in [0.2, 0.25) is 0 Å². The van der Waals surface area contributed by atoms with E-state index in [1.807, 2.05) is 44.2 Å². The van der Waals surface area contributed by atoms with Crippen LogP contribution in [0.15, 0.2) is 30.3 Å². The molecule has 10 heavy (non-hydrogen) atoms. The van der Waals surface area contributed by atoms with Crippen molar-refractivity contribution in [1.29, 1.82) is 0 Å². The molecule has 1 rings (SSSR count). The minimum absolute atomic E-state index is 0.207. The maximum absolute atomic E-state index is 5.86. The lowest BCUT2D eigenvalue weighted by molar-refractivity contribution is 0.764. The molecule has 0 unspecified atom stereocenters. The second-order valence-electron chi connectivity index (χ2n) is 3.09. The molecule has 0 amide bonds. The van der Waals surface area contributed by atoms with E-state index in [9.17, 15) is 0 Å². The number of rotatable bonds is 1. The predicted molar refractivity (Wildman–Crippen MR) is 45.2 cm³/mol. The maximum atomic E-state index is 5.86. The quantitative estimate of drug-likeness (QED) is 0.510. The van der Waals surface area contributed by atoms with Crippen LogP contribution >= 0.6 is 0 Å². The van der Waals surface area contributed by atoms with Gasteiger partial charge in [0.05, 0.1) is 7.85 Å². The van der Waals surface area contributed by atoms with Gasteiger partial charge in [-0.1, -0.05) is 49.7 Å². The second-order valence-corrected chi connectivity index (χ2v) is 3.09. The largest absolute Gasteiger partial charge is 0.0802 e. The van der Waals surface area contributed by atoms with Crippen LogP contribution in [0.5, 0.6) is 0 Å². The van der Waals surface area contributed by atoms with E-state index < -0.39 is 0 Å². The fraction of sp³-hybridized carbons (Fsp3) is 0.333. The Bertz CT molecular complexity index is 196. The highest BCUT2D eigenvalue weighted by molar-refractivity contribution is 6.15. The van der Waals surface area contributed by atoms with Crippen molar-refractivity contribution in [3.63, 3.8) is 0 Å². The van der Waals surface area contributed by atoms with E-state index in [1.54, 1.807) is 0 Å². The van der Waals surface area contributed by atoms with Crippen LogP contribution in [0.25, 0.3) is 0 Å². The van der Waals surface area contributed by atoms with Gasteiger partial charge in [-0.3, -0.25) is 0 Å². The fourth-order valence-corrected chi connectivity index (χ4v) is 0.868. The highest BCUT2D eigenvalue weighted by Crippen LogP contribution is 2.17. The van der Waals surface area contributed by atoms with Gasteiger partial charge in [0.2, 0.25) is 0 Å². The third kappa shape index (κ3) is 1.63. The molecule has 0 atom stereocenters. The zero-order valence-corrected chi connectivity index (χ0v) is 6.46. The van der Waals surface area contributed by atoms with Crippen LogP contribution in [0, 0.1) is 0 Å². The molecular formula is C9H11B. The molecule has 0 bridgehead atoms. The third-order valence-corrected chi connectivity index (χ3v) is 1.52. The molecule has 0 spiro atoms. The molecule has 0 nitrogen and oxygen atoms in total. The van der Waals surface area contributed by atoms with Gasteiger partial charge in [0.25, 0.3) is 0 Å². The van der Waals surface area contributed by atoms with Crippen LogP contribution < -0.4 is 0 Å². The van der Waals surface area contributed by atoms with E-state index in [4.69, 9.17) is 7.85 Å². The molecule has 0 aromatic heterocycles. The highest BCUT2D eigenvalue weighted by atomic mass is 14.1. The summed E-state index contributed by atoms with van der Waals surface area (Å²) < 4.78 is 0. The highest BCUT2D eigenvalue weighted by Gasteiger charge is 2.10. The van der Waals surface area contributed by atoms with Gasteiger partial charge >= 0.3 is 0 Å². The third-order valence-electron chi connectivity index (χ3n) is 1.52. The van der Waals surface area contributed by atoms with Crippen molar-refractivity contribution < 1.29 is 0 Å². The molecule has 1 aromatic rings. The Balaban J connectivity index is 2.97. The van der Waals surface area contributed by atoms with Crippen molar-refractivity contribution in [2.24, 2.45) is 0 Å². The summed E-state index contributed by atoms with van der Waals surface area (Å²) in [5.74, 6) is 0. The summed E-state index contributed by atoms with van der Waals surface area (Å²) in [5.41, 5.74) is 1.18. The molecular weight excluding hydrogens is 119 g/mol. The first-order valence-electron chi connectivity index (χ1n) is 3.45. The first-order valence-corrected chi connectivity index (χ1v) is 3.45. The van der Waals surface area contributed by atoms with E-state index in [0.717, 1.165) is 0 Å². The SMILES string of the molecule is [B]C(C)(C)c1ccccc1. The van der Waals surface area contributed by atoms with Gasteiger partial charge in [-0.2, -0.15) is 0 Å². The Labute approximate surface area is 63.7 Å². The van der Waals surface area contributed by atoms with Crippen molar-refractivity contribution in [3.05, 3.63) is 35.9 Å². The Morgan fingerprint density at radius 2 is 1.60 bits per heavy atom. The van der Waals surface area contributed by atoms with E-state index >= 15 is 0 Å². The van der Waals surface area contributed by atoms with Crippen LogP contribution in [0.1, 0.15) is 19.4 Å². The lowest BCUT2D eigenvalue weighted by atomic mass is 9.67. The van der Waals surface area contributed by atoms with Crippen LogP contribution in [0.3, 0.4) is 0 Å². The molecule has 0 aliphatic heterocycles. The van der Waals surface area contributed by atoms with E-state index in [-0.39, 0.29) is 5.31 Å². The Morgan fingerprint density at radius 1 is 1.10 bits per heavy atom. The van der Waals surface area contributed by atoms with Gasteiger partial charge in [-0.15, -0.1) is 0 Å². The fourth-order valence-electron chi connectivity index (χ4n) is 0.868. The van der Waals surface area contributed by atoms with E-state index in [0.29, 0.717) is 0 Å². The molecule has 1 heteroatoms. The normalized spacial score (nSPS) is 11.4. The summed E-state index contributed by atoms with van der Waals surface area (Å²) in [6.45, 7) is 4.00. The smallest absolute Gasteiger partial charge is 0.0639 e. The summed E-state index contributed by atoms with van der Waals surface area (Å²) >= 11 is 0. The molecule has 50 valence electrons. The summed E-state index contributed by atoms with van der Waals surface area (Å²) in [6.07, 6.45) is 0. The predicted octanol–water partition coefficient (Wildman–Crippen LogP) is 2.09. The van der Waals surface area contributed by atoms with Crippen molar-refractivity contribution in [2.45, 2.75) is 19.2 Å². The Kier molecular flexibility index (Phi) is 1.84. The molecule has 0 saturated heterocycles. The lowest BCUT2D eigenvalue weighted by Gasteiger charge is -2.18. The van der Waals surface area contributed by atoms with Gasteiger partial charge in [0.15, 0.2) is 0 Å². The van der Waals surface area contributed by atoms with E-state index in [2.05, 4.69) is 0 Å². The van der Waals surface area contributed by atoms with Gasteiger partial charge in [-0.25, -0.2) is 0 Å². The molecule has 0 fully saturated rings. The van der Waals surface area contributed by atoms with Gasteiger partial charge in [0, 0.05) is 0 Å². The van der Waals surface area contributed by atoms with Crippen LogP contribution in [0.4, 0.5) is 0 Å². The topological polar surface area (TPSA) is 0 Å². The second kappa shape index (κ2) is 2.49. The number of hydrogen-bond donors (Lipinski definition) is 0. The first-order chi connectivity index (χ1) is 4.61. The minimum atomic E-state index is -0.207. The first kappa shape index (κ1) is 7.39. The zero-order valence-electron chi connectivity index (χ0n) is 6.46. The van der Waals surface area contributed by atoms with Crippen LogP contribution in [-0.2, 0) is 5.31 Å². The summed E-state index contributed by atoms with van der Waals surface area (Å²) in [4.78, 5) is 0. The molecule has 0 aliphatic carbocycles. The number of hydrogen-bond acceptors (Lipinski definition) is 0. The van der Waals surface area contributed by atoms with Crippen molar-refractivity contribution in [3.8, 4) is 0 Å². The average Bonchev–Trinajstić information content (AvgIpc) is 1.88. The monoisotopic (exact) mass is 130 g/mol. The average molecular weight is 130 g/mol. The number of benzene rings is 1. The standard InChI is InChI=1S/C9H11B/c1-9(2,10)8-6-4-3-5-7-8/h3-7H,1-2H3. The van der Waals surface area contributed by atoms with Gasteiger partial charge in [-0.05, 0) is 5.31 Å². The summed E-state index contributed by atoms with van der Waals surface area (Å²) in [6, 6.07) is 10.1. The van der Waals surface area contributed by atoms with Crippen molar-refractivity contribution >= 4 is 7.85 Å². The van der Waals surface area contributed by atoms with E-state index in [1.165, 1.54) is 5.56 Å². The molecule has 2 radical (unpaired) electrons. The van der Waals surface area contributed by atoms with Crippen molar-refractivity contribution in [2.75, 3.05) is 0 Å². The molecule has 0 N–H and O–H groups in total. The zero-order chi connectivity index (χ0) is 7.61.